The van der Waals surface area contributed by atoms with Crippen LogP contribution in [0.15, 0.2) is 37.1 Å². The molecular weight excluding hydrogens is 392 g/mol. The van der Waals surface area contributed by atoms with Gasteiger partial charge >= 0.3 is 6.03 Å². The molecule has 5 heterocycles. The van der Waals surface area contributed by atoms with Crippen LogP contribution in [-0.4, -0.2) is 66.2 Å². The molecule has 9 nitrogen and oxygen atoms in total. The fraction of sp³-hybridized carbons (Fsp3) is 0.455. The summed E-state index contributed by atoms with van der Waals surface area (Å²) in [5.74, 6) is 0. The number of nitrogens with one attached hydrogen (secondary N) is 2. The van der Waals surface area contributed by atoms with Crippen LogP contribution in [0.1, 0.15) is 29.8 Å². The summed E-state index contributed by atoms with van der Waals surface area (Å²) in [5, 5.41) is 10.9. The summed E-state index contributed by atoms with van der Waals surface area (Å²) in [4.78, 5) is 25.9. The summed E-state index contributed by atoms with van der Waals surface area (Å²) >= 11 is 0. The lowest BCUT2D eigenvalue weighted by Crippen LogP contribution is -2.52. The number of hydrogen-bond acceptors (Lipinski definition) is 5. The average molecular weight is 421 g/mol. The standard InChI is InChI=1S/C22H28N8O/c1-28-11-18(24-15-28)13-29-9-2-3-17(12-29)25-22(31)30-10-6-20-19(14-30)21(27-26-20)16-4-7-23-8-5-16/h4-5,7-8,11,15,17H,2-3,6,9-10,12-14H2,1H3,(H,25,31)(H,26,27). The number of piperidine rings is 1. The number of nitrogens with zero attached hydrogens (tertiary/aromatic N) is 6. The topological polar surface area (TPSA) is 95.0 Å². The Morgan fingerprint density at radius 2 is 2.16 bits per heavy atom. The van der Waals surface area contributed by atoms with E-state index in [1.54, 1.807) is 12.4 Å². The van der Waals surface area contributed by atoms with Gasteiger partial charge < -0.3 is 14.8 Å². The lowest BCUT2D eigenvalue weighted by Gasteiger charge is -2.35. The third-order valence-electron chi connectivity index (χ3n) is 6.15. The summed E-state index contributed by atoms with van der Waals surface area (Å²) in [7, 11) is 1.99. The Labute approximate surface area is 181 Å². The predicted octanol–water partition coefficient (Wildman–Crippen LogP) is 1.94. The van der Waals surface area contributed by atoms with E-state index in [1.807, 2.05) is 35.0 Å². The first-order valence-electron chi connectivity index (χ1n) is 10.9. The van der Waals surface area contributed by atoms with Crippen LogP contribution < -0.4 is 5.32 Å². The Kier molecular flexibility index (Phi) is 5.42. The Hall–Kier alpha value is -3.20. The van der Waals surface area contributed by atoms with Crippen molar-refractivity contribution in [3.63, 3.8) is 0 Å². The van der Waals surface area contributed by atoms with Gasteiger partial charge in [0.25, 0.3) is 0 Å². The number of H-pyrrole nitrogens is 1. The number of urea groups is 1. The molecule has 9 heteroatoms. The molecule has 5 rings (SSSR count). The number of pyridine rings is 1. The van der Waals surface area contributed by atoms with Crippen LogP contribution in [0, 0.1) is 0 Å². The van der Waals surface area contributed by atoms with E-state index in [0.29, 0.717) is 13.1 Å². The summed E-state index contributed by atoms with van der Waals surface area (Å²) in [5.41, 5.74) is 5.23. The number of amides is 2. The second-order valence-electron chi connectivity index (χ2n) is 8.49. The summed E-state index contributed by atoms with van der Waals surface area (Å²) < 4.78 is 1.97. The molecule has 0 saturated carbocycles. The molecule has 3 aromatic heterocycles. The number of rotatable bonds is 4. The zero-order valence-corrected chi connectivity index (χ0v) is 17.8. The molecule has 0 radical (unpaired) electrons. The third-order valence-corrected chi connectivity index (χ3v) is 6.15. The molecular formula is C22H28N8O. The van der Waals surface area contributed by atoms with Gasteiger partial charge in [0.2, 0.25) is 0 Å². The van der Waals surface area contributed by atoms with Crippen LogP contribution in [0.25, 0.3) is 11.3 Å². The monoisotopic (exact) mass is 420 g/mol. The third kappa shape index (κ3) is 4.32. The molecule has 162 valence electrons. The Morgan fingerprint density at radius 3 is 2.97 bits per heavy atom. The maximum atomic E-state index is 13.1. The van der Waals surface area contributed by atoms with Crippen LogP contribution >= 0.6 is 0 Å². The molecule has 0 spiro atoms. The molecule has 2 amide bonds. The Morgan fingerprint density at radius 1 is 1.29 bits per heavy atom. The predicted molar refractivity (Wildman–Crippen MR) is 116 cm³/mol. The zero-order valence-electron chi connectivity index (χ0n) is 17.8. The van der Waals surface area contributed by atoms with Crippen molar-refractivity contribution < 1.29 is 4.79 Å². The molecule has 0 aromatic carbocycles. The van der Waals surface area contributed by atoms with E-state index in [4.69, 9.17) is 0 Å². The van der Waals surface area contributed by atoms with Crippen LogP contribution in [0.3, 0.4) is 0 Å². The van der Waals surface area contributed by atoms with E-state index in [0.717, 1.165) is 67.1 Å². The smallest absolute Gasteiger partial charge is 0.317 e. The molecule has 1 saturated heterocycles. The van der Waals surface area contributed by atoms with E-state index in [-0.39, 0.29) is 12.1 Å². The highest BCUT2D eigenvalue weighted by Gasteiger charge is 2.28. The minimum Gasteiger partial charge on any atom is -0.340 e. The van der Waals surface area contributed by atoms with E-state index in [9.17, 15) is 4.79 Å². The molecule has 2 aliphatic rings. The number of fused-ring (bicyclic) bond motifs is 1. The molecule has 3 aromatic rings. The largest absolute Gasteiger partial charge is 0.340 e. The Bertz CT molecular complexity index is 1040. The number of carbonyl (C=O) groups excluding carboxylic acids is 1. The van der Waals surface area contributed by atoms with E-state index >= 15 is 0 Å². The molecule has 31 heavy (non-hydrogen) atoms. The first-order chi connectivity index (χ1) is 15.2. The normalized spacial score (nSPS) is 19.3. The average Bonchev–Trinajstić information content (AvgIpc) is 3.40. The first-order valence-corrected chi connectivity index (χ1v) is 10.9. The van der Waals surface area contributed by atoms with Crippen molar-refractivity contribution in [1.29, 1.82) is 0 Å². The highest BCUT2D eigenvalue weighted by atomic mass is 16.2. The van der Waals surface area contributed by atoms with Crippen LogP contribution in [0.4, 0.5) is 4.79 Å². The van der Waals surface area contributed by atoms with E-state index < -0.39 is 0 Å². The van der Waals surface area contributed by atoms with Crippen molar-refractivity contribution in [3.05, 3.63) is 54.0 Å². The minimum atomic E-state index is 0.0113. The van der Waals surface area contributed by atoms with Crippen molar-refractivity contribution in [1.82, 2.24) is 39.8 Å². The molecule has 2 N–H and O–H groups in total. The lowest BCUT2D eigenvalue weighted by atomic mass is 10.0. The lowest BCUT2D eigenvalue weighted by molar-refractivity contribution is 0.159. The summed E-state index contributed by atoms with van der Waals surface area (Å²) in [6.07, 6.45) is 10.3. The quantitative estimate of drug-likeness (QED) is 0.673. The second-order valence-corrected chi connectivity index (χ2v) is 8.49. The van der Waals surface area contributed by atoms with Crippen molar-refractivity contribution >= 4 is 6.03 Å². The summed E-state index contributed by atoms with van der Waals surface area (Å²) in [6, 6.07) is 4.08. The van der Waals surface area contributed by atoms with Crippen LogP contribution in [0.5, 0.6) is 0 Å². The van der Waals surface area contributed by atoms with Gasteiger partial charge in [0.1, 0.15) is 0 Å². The fourth-order valence-corrected chi connectivity index (χ4v) is 4.58. The van der Waals surface area contributed by atoms with Crippen LogP contribution in [0.2, 0.25) is 0 Å². The van der Waals surface area contributed by atoms with Gasteiger partial charge in [0.15, 0.2) is 0 Å². The number of hydrogen-bond donors (Lipinski definition) is 2. The van der Waals surface area contributed by atoms with E-state index in [2.05, 4.69) is 36.6 Å². The van der Waals surface area contributed by atoms with Gasteiger partial charge in [-0.2, -0.15) is 5.10 Å². The van der Waals surface area contributed by atoms with Crippen molar-refractivity contribution in [2.45, 2.75) is 38.4 Å². The molecule has 0 aliphatic carbocycles. The summed E-state index contributed by atoms with van der Waals surface area (Å²) in [6.45, 7) is 3.99. The SMILES string of the molecule is Cn1cnc(CN2CCCC(NC(=O)N3CCc4[nH]nc(-c5ccncc5)c4C3)C2)c1. The highest BCUT2D eigenvalue weighted by molar-refractivity contribution is 5.75. The van der Waals surface area contributed by atoms with Crippen molar-refractivity contribution in [2.24, 2.45) is 7.05 Å². The number of aromatic amines is 1. The minimum absolute atomic E-state index is 0.0113. The van der Waals surface area contributed by atoms with Gasteiger partial charge in [-0.3, -0.25) is 15.0 Å². The molecule has 2 aliphatic heterocycles. The van der Waals surface area contributed by atoms with Gasteiger partial charge in [0.05, 0.1) is 24.3 Å². The fourth-order valence-electron chi connectivity index (χ4n) is 4.58. The van der Waals surface area contributed by atoms with Crippen molar-refractivity contribution in [2.75, 3.05) is 19.6 Å². The number of aryl methyl sites for hydroxylation is 1. The molecule has 1 atom stereocenters. The molecule has 1 fully saturated rings. The maximum Gasteiger partial charge on any atom is 0.317 e. The number of aromatic nitrogens is 5. The molecule has 0 bridgehead atoms. The Balaban J connectivity index is 1.21. The van der Waals surface area contributed by atoms with Gasteiger partial charge in [-0.05, 0) is 31.5 Å². The van der Waals surface area contributed by atoms with Crippen molar-refractivity contribution in [3.8, 4) is 11.3 Å². The number of likely N-dealkylation sites (tertiary alicyclic amines) is 1. The van der Waals surface area contributed by atoms with Gasteiger partial charge in [0, 0.05) is 74.6 Å². The maximum absolute atomic E-state index is 13.1. The number of carbonyl (C=O) groups is 1. The highest BCUT2D eigenvalue weighted by Crippen LogP contribution is 2.28. The van der Waals surface area contributed by atoms with Gasteiger partial charge in [-0.25, -0.2) is 9.78 Å². The zero-order chi connectivity index (χ0) is 21.2. The van der Waals surface area contributed by atoms with Gasteiger partial charge in [-0.15, -0.1) is 0 Å². The second kappa shape index (κ2) is 8.50. The number of imidazole rings is 1. The van der Waals surface area contributed by atoms with E-state index in [1.165, 1.54) is 0 Å². The van der Waals surface area contributed by atoms with Gasteiger partial charge in [-0.1, -0.05) is 0 Å². The molecule has 1 unspecified atom stereocenters. The van der Waals surface area contributed by atoms with Crippen LogP contribution in [-0.2, 0) is 26.6 Å². The first kappa shape index (κ1) is 19.7.